The second-order valence-electron chi connectivity index (χ2n) is 5.15. The van der Waals surface area contributed by atoms with Crippen LogP contribution in [0.15, 0.2) is 28.8 Å². The van der Waals surface area contributed by atoms with Crippen LogP contribution in [0.5, 0.6) is 5.75 Å². The molecule has 0 saturated carbocycles. The Morgan fingerprint density at radius 2 is 2.33 bits per heavy atom. The van der Waals surface area contributed by atoms with Crippen molar-refractivity contribution in [2.45, 2.75) is 25.2 Å². The molecule has 1 aromatic heterocycles. The molecule has 1 saturated heterocycles. The Labute approximate surface area is 143 Å². The van der Waals surface area contributed by atoms with Gasteiger partial charge < -0.3 is 19.3 Å². The summed E-state index contributed by atoms with van der Waals surface area (Å²) in [6, 6.07) is 6.34. The molecule has 7 nitrogen and oxygen atoms in total. The van der Waals surface area contributed by atoms with Crippen molar-refractivity contribution >= 4 is 18.4 Å². The first-order valence-corrected chi connectivity index (χ1v) is 7.17. The average molecular weight is 358 g/mol. The van der Waals surface area contributed by atoms with Crippen molar-refractivity contribution in [1.82, 2.24) is 15.5 Å². The van der Waals surface area contributed by atoms with Crippen LogP contribution in [0.2, 0.25) is 0 Å². The lowest BCUT2D eigenvalue weighted by molar-refractivity contribution is 0.0600. The van der Waals surface area contributed by atoms with Crippen molar-refractivity contribution in [2.75, 3.05) is 13.7 Å². The second kappa shape index (κ2) is 8.07. The summed E-state index contributed by atoms with van der Waals surface area (Å²) < 4.78 is 28.5. The van der Waals surface area contributed by atoms with Gasteiger partial charge in [-0.15, -0.1) is 12.4 Å². The van der Waals surface area contributed by atoms with E-state index in [4.69, 9.17) is 9.26 Å². The van der Waals surface area contributed by atoms with Crippen molar-refractivity contribution in [1.29, 1.82) is 0 Å². The molecule has 2 heterocycles. The van der Waals surface area contributed by atoms with Crippen LogP contribution in [0.4, 0.5) is 4.39 Å². The summed E-state index contributed by atoms with van der Waals surface area (Å²) in [6.07, 6.45) is -0.573. The molecule has 9 heteroatoms. The third-order valence-electron chi connectivity index (χ3n) is 3.48. The summed E-state index contributed by atoms with van der Waals surface area (Å²) in [6.45, 7) is 0.374. The highest BCUT2D eigenvalue weighted by Gasteiger charge is 2.29. The van der Waals surface area contributed by atoms with Crippen molar-refractivity contribution in [2.24, 2.45) is 0 Å². The van der Waals surface area contributed by atoms with Crippen molar-refractivity contribution < 1.29 is 23.2 Å². The predicted octanol–water partition coefficient (Wildman–Crippen LogP) is 2.23. The Morgan fingerprint density at radius 3 is 3.04 bits per heavy atom. The zero-order valence-electron chi connectivity index (χ0n) is 12.9. The van der Waals surface area contributed by atoms with Gasteiger partial charge in [0.05, 0.1) is 18.7 Å². The van der Waals surface area contributed by atoms with Crippen LogP contribution in [-0.2, 0) is 11.3 Å². The van der Waals surface area contributed by atoms with Gasteiger partial charge in [-0.3, -0.25) is 0 Å². The van der Waals surface area contributed by atoms with Crippen LogP contribution in [0.1, 0.15) is 34.5 Å². The Kier molecular flexibility index (Phi) is 6.10. The predicted molar refractivity (Wildman–Crippen MR) is 83.9 cm³/mol. The fourth-order valence-corrected chi connectivity index (χ4v) is 2.33. The monoisotopic (exact) mass is 357 g/mol. The molecule has 0 unspecified atom stereocenters. The number of alkyl halides is 1. The minimum atomic E-state index is -0.896. The molecule has 1 aromatic carbocycles. The van der Waals surface area contributed by atoms with Gasteiger partial charge in [-0.25, -0.2) is 9.18 Å². The molecule has 0 bridgehead atoms. The summed E-state index contributed by atoms with van der Waals surface area (Å²) in [4.78, 5) is 15.7. The number of nitrogens with zero attached hydrogens (tertiary/aromatic N) is 2. The van der Waals surface area contributed by atoms with Crippen molar-refractivity contribution in [3.8, 4) is 5.75 Å². The molecule has 1 aliphatic rings. The van der Waals surface area contributed by atoms with E-state index in [9.17, 15) is 9.18 Å². The zero-order chi connectivity index (χ0) is 16.2. The SMILES string of the molecule is COC(=O)c1cccc(OCc2noc([C@H]3C[C@H](F)CN3)n2)c1.Cl. The number of methoxy groups -OCH3 is 1. The quantitative estimate of drug-likeness (QED) is 0.821. The van der Waals surface area contributed by atoms with Gasteiger partial charge in [-0.1, -0.05) is 11.2 Å². The largest absolute Gasteiger partial charge is 0.485 e. The average Bonchev–Trinajstić information content (AvgIpc) is 3.21. The Morgan fingerprint density at radius 1 is 1.50 bits per heavy atom. The molecular weight excluding hydrogens is 341 g/mol. The van der Waals surface area contributed by atoms with E-state index in [1.807, 2.05) is 0 Å². The van der Waals surface area contributed by atoms with Crippen LogP contribution in [-0.4, -0.2) is 35.9 Å². The third kappa shape index (κ3) is 4.21. The van der Waals surface area contributed by atoms with E-state index >= 15 is 0 Å². The maximum absolute atomic E-state index is 13.2. The van der Waals surface area contributed by atoms with Crippen LogP contribution >= 0.6 is 12.4 Å². The number of carbonyl (C=O) groups is 1. The van der Waals surface area contributed by atoms with E-state index in [2.05, 4.69) is 20.2 Å². The molecule has 2 atom stereocenters. The molecule has 1 N–H and O–H groups in total. The summed E-state index contributed by atoms with van der Waals surface area (Å²) in [5.74, 6) is 0.757. The Bertz CT molecular complexity index is 697. The maximum atomic E-state index is 13.2. The number of rotatable bonds is 5. The van der Waals surface area contributed by atoms with Gasteiger partial charge >= 0.3 is 5.97 Å². The molecule has 1 aliphatic heterocycles. The van der Waals surface area contributed by atoms with Crippen LogP contribution in [0.25, 0.3) is 0 Å². The van der Waals surface area contributed by atoms with Gasteiger partial charge in [0.15, 0.2) is 6.61 Å². The highest BCUT2D eigenvalue weighted by atomic mass is 35.5. The number of carbonyl (C=O) groups excluding carboxylic acids is 1. The molecule has 130 valence electrons. The first-order valence-electron chi connectivity index (χ1n) is 7.17. The fourth-order valence-electron chi connectivity index (χ4n) is 2.33. The molecule has 24 heavy (non-hydrogen) atoms. The third-order valence-corrected chi connectivity index (χ3v) is 3.48. The van der Waals surface area contributed by atoms with E-state index < -0.39 is 12.1 Å². The Hall–Kier alpha value is -2.19. The lowest BCUT2D eigenvalue weighted by Crippen LogP contribution is -2.14. The lowest BCUT2D eigenvalue weighted by Gasteiger charge is -2.05. The van der Waals surface area contributed by atoms with Gasteiger partial charge in [0.2, 0.25) is 11.7 Å². The smallest absolute Gasteiger partial charge is 0.337 e. The van der Waals surface area contributed by atoms with Crippen molar-refractivity contribution in [3.63, 3.8) is 0 Å². The molecule has 0 amide bonds. The van der Waals surface area contributed by atoms with E-state index in [-0.39, 0.29) is 25.1 Å². The minimum absolute atomic E-state index is 0. The second-order valence-corrected chi connectivity index (χ2v) is 5.15. The summed E-state index contributed by atoms with van der Waals surface area (Å²) in [5.41, 5.74) is 0.392. The summed E-state index contributed by atoms with van der Waals surface area (Å²) in [5, 5.41) is 6.78. The molecular formula is C15H17ClFN3O4. The molecule has 0 spiro atoms. The zero-order valence-corrected chi connectivity index (χ0v) is 13.7. The standard InChI is InChI=1S/C15H16FN3O4.ClH/c1-21-15(20)9-3-2-4-11(5-9)22-8-13-18-14(23-19-13)12-6-10(16)7-17-12;/h2-5,10,12,17H,6-8H2,1H3;1H/t10-,12+;/m0./s1. The van der Waals surface area contributed by atoms with Crippen LogP contribution < -0.4 is 10.1 Å². The molecule has 0 radical (unpaired) electrons. The number of ether oxygens (including phenoxy) is 2. The summed E-state index contributed by atoms with van der Waals surface area (Å²) >= 11 is 0. The van der Waals surface area contributed by atoms with Gasteiger partial charge in [-0.05, 0) is 18.2 Å². The first-order chi connectivity index (χ1) is 11.2. The van der Waals surface area contributed by atoms with Gasteiger partial charge in [0.25, 0.3) is 0 Å². The van der Waals surface area contributed by atoms with Crippen LogP contribution in [0, 0.1) is 0 Å². The number of aromatic nitrogens is 2. The van der Waals surface area contributed by atoms with Crippen LogP contribution in [0.3, 0.4) is 0 Å². The molecule has 3 rings (SSSR count). The number of hydrogen-bond donors (Lipinski definition) is 1. The maximum Gasteiger partial charge on any atom is 0.337 e. The first kappa shape index (κ1) is 18.2. The number of halogens is 2. The van der Waals surface area contributed by atoms with Gasteiger partial charge in [-0.2, -0.15) is 4.98 Å². The number of nitrogens with one attached hydrogen (secondary N) is 1. The highest BCUT2D eigenvalue weighted by Crippen LogP contribution is 2.23. The van der Waals surface area contributed by atoms with Crippen molar-refractivity contribution in [3.05, 3.63) is 41.5 Å². The lowest BCUT2D eigenvalue weighted by atomic mass is 10.2. The fraction of sp³-hybridized carbons (Fsp3) is 0.400. The van der Waals surface area contributed by atoms with E-state index in [0.717, 1.165) is 0 Å². The molecule has 0 aliphatic carbocycles. The Balaban J connectivity index is 0.00000208. The highest BCUT2D eigenvalue weighted by molar-refractivity contribution is 5.89. The number of esters is 1. The minimum Gasteiger partial charge on any atom is -0.485 e. The van der Waals surface area contributed by atoms with E-state index in [1.165, 1.54) is 7.11 Å². The van der Waals surface area contributed by atoms with Gasteiger partial charge in [0.1, 0.15) is 11.9 Å². The number of benzene rings is 1. The topological polar surface area (TPSA) is 86.5 Å². The molecule has 2 aromatic rings. The summed E-state index contributed by atoms with van der Waals surface area (Å²) in [7, 11) is 1.32. The number of hydrogen-bond acceptors (Lipinski definition) is 7. The van der Waals surface area contributed by atoms with Gasteiger partial charge in [0, 0.05) is 13.0 Å². The molecule has 1 fully saturated rings. The van der Waals surface area contributed by atoms with E-state index in [0.29, 0.717) is 36.0 Å². The van der Waals surface area contributed by atoms with E-state index in [1.54, 1.807) is 24.3 Å². The normalized spacial score (nSPS) is 19.6.